The maximum atomic E-state index is 12.4. The van der Waals surface area contributed by atoms with Crippen molar-refractivity contribution in [3.63, 3.8) is 0 Å². The summed E-state index contributed by atoms with van der Waals surface area (Å²) in [6.45, 7) is 7.48. The number of carbonyl (C=O) groups excluding carboxylic acids is 1. The van der Waals surface area contributed by atoms with E-state index >= 15 is 0 Å². The van der Waals surface area contributed by atoms with Crippen molar-refractivity contribution in [2.24, 2.45) is 5.92 Å². The summed E-state index contributed by atoms with van der Waals surface area (Å²) in [7, 11) is 1.76. The largest absolute Gasteiger partial charge is 0.384 e. The van der Waals surface area contributed by atoms with Crippen LogP contribution in [0.15, 0.2) is 18.2 Å². The summed E-state index contributed by atoms with van der Waals surface area (Å²) in [5, 5.41) is 0. The van der Waals surface area contributed by atoms with Crippen LogP contribution in [0, 0.1) is 19.8 Å². The number of nitrogens with zero attached hydrogens (tertiary/aromatic N) is 1. The zero-order valence-corrected chi connectivity index (χ0v) is 12.8. The average molecular weight is 275 g/mol. The molecule has 1 saturated heterocycles. The molecule has 1 aliphatic heterocycles. The molecule has 0 amide bonds. The van der Waals surface area contributed by atoms with E-state index in [1.165, 1.54) is 5.56 Å². The van der Waals surface area contributed by atoms with Gasteiger partial charge in [-0.3, -0.25) is 9.69 Å². The summed E-state index contributed by atoms with van der Waals surface area (Å²) in [4.78, 5) is 14.7. The maximum Gasteiger partial charge on any atom is 0.177 e. The molecule has 0 atom stereocenters. The van der Waals surface area contributed by atoms with Crippen LogP contribution in [0.3, 0.4) is 0 Å². The number of hydrogen-bond donors (Lipinski definition) is 0. The van der Waals surface area contributed by atoms with Crippen molar-refractivity contribution >= 4 is 5.78 Å². The summed E-state index contributed by atoms with van der Waals surface area (Å²) in [5.41, 5.74) is 3.17. The molecule has 110 valence electrons. The van der Waals surface area contributed by atoms with E-state index in [0.29, 0.717) is 12.5 Å². The van der Waals surface area contributed by atoms with E-state index in [0.717, 1.165) is 43.7 Å². The van der Waals surface area contributed by atoms with Crippen molar-refractivity contribution in [1.82, 2.24) is 4.90 Å². The first-order valence-corrected chi connectivity index (χ1v) is 7.42. The second kappa shape index (κ2) is 7.00. The van der Waals surface area contributed by atoms with E-state index in [1.54, 1.807) is 7.11 Å². The first-order chi connectivity index (χ1) is 9.60. The highest BCUT2D eigenvalue weighted by molar-refractivity contribution is 5.98. The predicted molar refractivity (Wildman–Crippen MR) is 81.3 cm³/mol. The zero-order chi connectivity index (χ0) is 14.5. The van der Waals surface area contributed by atoms with Gasteiger partial charge in [0.2, 0.25) is 0 Å². The fourth-order valence-corrected chi connectivity index (χ4v) is 2.96. The molecule has 1 heterocycles. The summed E-state index contributed by atoms with van der Waals surface area (Å²) >= 11 is 0. The number of Topliss-reactive ketones (excluding diaryl/α,β-unsaturated/α-hetero) is 1. The van der Waals surface area contributed by atoms with E-state index in [9.17, 15) is 4.79 Å². The monoisotopic (exact) mass is 275 g/mol. The van der Waals surface area contributed by atoms with Gasteiger partial charge >= 0.3 is 0 Å². The number of piperidine rings is 1. The molecule has 1 aromatic rings. The highest BCUT2D eigenvalue weighted by atomic mass is 16.5. The Balaban J connectivity index is 1.89. The van der Waals surface area contributed by atoms with E-state index < -0.39 is 0 Å². The van der Waals surface area contributed by atoms with Crippen molar-refractivity contribution in [3.05, 3.63) is 34.9 Å². The minimum absolute atomic E-state index is 0.243. The van der Waals surface area contributed by atoms with Gasteiger partial charge in [0.25, 0.3) is 0 Å². The molecule has 1 aromatic carbocycles. The maximum absolute atomic E-state index is 12.4. The van der Waals surface area contributed by atoms with Crippen molar-refractivity contribution in [2.75, 3.05) is 33.4 Å². The van der Waals surface area contributed by atoms with Gasteiger partial charge in [-0.1, -0.05) is 23.8 Å². The Morgan fingerprint density at radius 1 is 1.30 bits per heavy atom. The van der Waals surface area contributed by atoms with E-state index in [-0.39, 0.29) is 5.78 Å². The minimum atomic E-state index is 0.243. The summed E-state index contributed by atoms with van der Waals surface area (Å²) in [5.74, 6) is 0.903. The first kappa shape index (κ1) is 15.2. The van der Waals surface area contributed by atoms with E-state index in [1.807, 2.05) is 19.1 Å². The van der Waals surface area contributed by atoms with Gasteiger partial charge in [0.05, 0.1) is 6.54 Å². The van der Waals surface area contributed by atoms with Gasteiger partial charge < -0.3 is 4.74 Å². The van der Waals surface area contributed by atoms with E-state index in [4.69, 9.17) is 4.74 Å². The topological polar surface area (TPSA) is 29.5 Å². The Morgan fingerprint density at radius 3 is 2.60 bits per heavy atom. The quantitative estimate of drug-likeness (QED) is 0.774. The van der Waals surface area contributed by atoms with Crippen LogP contribution in [0.2, 0.25) is 0 Å². The molecule has 0 N–H and O–H groups in total. The third kappa shape index (κ3) is 3.90. The van der Waals surface area contributed by atoms with Gasteiger partial charge in [-0.25, -0.2) is 0 Å². The SMILES string of the molecule is COCC1CCN(CC(=O)c2ccc(C)cc2C)CC1. The van der Waals surface area contributed by atoms with Gasteiger partial charge in [0, 0.05) is 19.3 Å². The molecule has 0 spiro atoms. The number of carbonyl (C=O) groups is 1. The Morgan fingerprint density at radius 2 is 2.00 bits per heavy atom. The molecular weight excluding hydrogens is 250 g/mol. The van der Waals surface area contributed by atoms with Gasteiger partial charge in [-0.15, -0.1) is 0 Å². The third-order valence-electron chi connectivity index (χ3n) is 4.16. The lowest BCUT2D eigenvalue weighted by atomic mass is 9.96. The van der Waals surface area contributed by atoms with E-state index in [2.05, 4.69) is 17.9 Å². The molecule has 3 nitrogen and oxygen atoms in total. The number of ketones is 1. The van der Waals surface area contributed by atoms with Gasteiger partial charge in [0.15, 0.2) is 5.78 Å². The molecule has 0 saturated carbocycles. The molecule has 3 heteroatoms. The molecule has 0 bridgehead atoms. The summed E-state index contributed by atoms with van der Waals surface area (Å²) in [6.07, 6.45) is 2.27. The Kier molecular flexibility index (Phi) is 5.32. The van der Waals surface area contributed by atoms with Gasteiger partial charge in [-0.2, -0.15) is 0 Å². The van der Waals surface area contributed by atoms with Crippen molar-refractivity contribution in [1.29, 1.82) is 0 Å². The second-order valence-corrected chi connectivity index (χ2v) is 5.92. The molecule has 20 heavy (non-hydrogen) atoms. The number of methoxy groups -OCH3 is 1. The van der Waals surface area contributed by atoms with Gasteiger partial charge in [-0.05, 0) is 51.3 Å². The van der Waals surface area contributed by atoms with Crippen molar-refractivity contribution in [2.45, 2.75) is 26.7 Å². The standard InChI is InChI=1S/C17H25NO2/c1-13-4-5-16(14(2)10-13)17(19)11-18-8-6-15(7-9-18)12-20-3/h4-5,10,15H,6-9,11-12H2,1-3H3. The van der Waals surface area contributed by atoms with Crippen molar-refractivity contribution < 1.29 is 9.53 Å². The van der Waals surface area contributed by atoms with Crippen molar-refractivity contribution in [3.8, 4) is 0 Å². The Hall–Kier alpha value is -1.19. The fourth-order valence-electron chi connectivity index (χ4n) is 2.96. The molecule has 0 radical (unpaired) electrons. The lowest BCUT2D eigenvalue weighted by Crippen LogP contribution is -2.38. The van der Waals surface area contributed by atoms with Crippen LogP contribution >= 0.6 is 0 Å². The first-order valence-electron chi connectivity index (χ1n) is 7.42. The number of benzene rings is 1. The smallest absolute Gasteiger partial charge is 0.177 e. The lowest BCUT2D eigenvalue weighted by molar-refractivity contribution is 0.0809. The summed E-state index contributed by atoms with van der Waals surface area (Å²) in [6, 6.07) is 6.06. The molecular formula is C17H25NO2. The molecule has 2 rings (SSSR count). The third-order valence-corrected chi connectivity index (χ3v) is 4.16. The zero-order valence-electron chi connectivity index (χ0n) is 12.8. The summed E-state index contributed by atoms with van der Waals surface area (Å²) < 4.78 is 5.21. The van der Waals surface area contributed by atoms with Crippen LogP contribution in [0.1, 0.15) is 34.3 Å². The number of ether oxygens (including phenoxy) is 1. The Bertz CT molecular complexity index is 462. The van der Waals surface area contributed by atoms with Gasteiger partial charge in [0.1, 0.15) is 0 Å². The number of rotatable bonds is 5. The highest BCUT2D eigenvalue weighted by Crippen LogP contribution is 2.18. The van der Waals surface area contributed by atoms with Crippen LogP contribution in [0.4, 0.5) is 0 Å². The normalized spacial score (nSPS) is 17.4. The lowest BCUT2D eigenvalue weighted by Gasteiger charge is -2.31. The molecule has 1 fully saturated rings. The number of aryl methyl sites for hydroxylation is 2. The molecule has 0 aliphatic carbocycles. The molecule has 0 aromatic heterocycles. The molecule has 1 aliphatic rings. The van der Waals surface area contributed by atoms with Crippen LogP contribution in [0.25, 0.3) is 0 Å². The number of hydrogen-bond acceptors (Lipinski definition) is 3. The van der Waals surface area contributed by atoms with Crippen LogP contribution < -0.4 is 0 Å². The van der Waals surface area contributed by atoms with Crippen LogP contribution in [0.5, 0.6) is 0 Å². The second-order valence-electron chi connectivity index (χ2n) is 5.92. The van der Waals surface area contributed by atoms with Crippen LogP contribution in [-0.4, -0.2) is 44.0 Å². The van der Waals surface area contributed by atoms with Crippen LogP contribution in [-0.2, 0) is 4.74 Å². The minimum Gasteiger partial charge on any atom is -0.384 e. The fraction of sp³-hybridized carbons (Fsp3) is 0.588. The number of likely N-dealkylation sites (tertiary alicyclic amines) is 1. The Labute approximate surface area is 121 Å². The predicted octanol–water partition coefficient (Wildman–Crippen LogP) is 2.84. The average Bonchev–Trinajstić information content (AvgIpc) is 2.41. The molecule has 0 unspecified atom stereocenters. The highest BCUT2D eigenvalue weighted by Gasteiger charge is 2.21.